The van der Waals surface area contributed by atoms with Gasteiger partial charge < -0.3 is 14.6 Å². The van der Waals surface area contributed by atoms with E-state index in [0.29, 0.717) is 4.34 Å². The Morgan fingerprint density at radius 1 is 1.33 bits per heavy atom. The van der Waals surface area contributed by atoms with Crippen molar-refractivity contribution >= 4 is 40.1 Å². The number of alkyl halides is 3. The highest BCUT2D eigenvalue weighted by Crippen LogP contribution is 2.26. The molecule has 2 aromatic rings. The summed E-state index contributed by atoms with van der Waals surface area (Å²) < 4.78 is 40.5. The average Bonchev–Trinajstić information content (AvgIpc) is 2.91. The SMILES string of the molecule is O=C([O-])CSc1nnc(NC(=O)c2cccc(OC(F)(F)F)c2)s1. The Kier molecular flexibility index (Phi) is 5.62. The summed E-state index contributed by atoms with van der Waals surface area (Å²) in [6.07, 6.45) is -4.86. The second-order valence-electron chi connectivity index (χ2n) is 4.06. The van der Waals surface area contributed by atoms with Crippen molar-refractivity contribution in [3.8, 4) is 5.75 Å². The van der Waals surface area contributed by atoms with Gasteiger partial charge >= 0.3 is 6.36 Å². The van der Waals surface area contributed by atoms with E-state index in [9.17, 15) is 27.9 Å². The molecule has 1 N–H and O–H groups in total. The zero-order valence-electron chi connectivity index (χ0n) is 11.5. The van der Waals surface area contributed by atoms with Crippen LogP contribution in [-0.2, 0) is 4.79 Å². The number of carboxylic acid groups (broad SMARTS) is 1. The minimum absolute atomic E-state index is 0.0722. The summed E-state index contributed by atoms with van der Waals surface area (Å²) in [7, 11) is 0. The third-order valence-electron chi connectivity index (χ3n) is 2.27. The number of carbonyl (C=O) groups is 2. The summed E-state index contributed by atoms with van der Waals surface area (Å²) in [5.74, 6) is -2.84. The zero-order valence-corrected chi connectivity index (χ0v) is 13.1. The summed E-state index contributed by atoms with van der Waals surface area (Å²) >= 11 is 1.79. The fourth-order valence-corrected chi connectivity index (χ4v) is 2.90. The van der Waals surface area contributed by atoms with Crippen LogP contribution in [0.3, 0.4) is 0 Å². The number of carbonyl (C=O) groups excluding carboxylic acids is 2. The zero-order chi connectivity index (χ0) is 17.7. The lowest BCUT2D eigenvalue weighted by Crippen LogP contribution is -2.24. The Balaban J connectivity index is 2.02. The van der Waals surface area contributed by atoms with Crippen LogP contribution in [0.1, 0.15) is 10.4 Å². The molecule has 0 aliphatic carbocycles. The lowest BCUT2D eigenvalue weighted by molar-refractivity contribution is -0.301. The first-order valence-corrected chi connectivity index (χ1v) is 7.86. The second-order valence-corrected chi connectivity index (χ2v) is 6.26. The smallest absolute Gasteiger partial charge is 0.549 e. The van der Waals surface area contributed by atoms with Crippen LogP contribution in [0, 0.1) is 0 Å². The van der Waals surface area contributed by atoms with Crippen molar-refractivity contribution in [2.24, 2.45) is 0 Å². The third-order valence-corrected chi connectivity index (χ3v) is 4.22. The van der Waals surface area contributed by atoms with Crippen LogP contribution in [-0.4, -0.2) is 34.2 Å². The number of aromatic nitrogens is 2. The van der Waals surface area contributed by atoms with Crippen molar-refractivity contribution in [1.82, 2.24) is 10.2 Å². The van der Waals surface area contributed by atoms with Crippen molar-refractivity contribution in [3.05, 3.63) is 29.8 Å². The highest BCUT2D eigenvalue weighted by Gasteiger charge is 2.31. The van der Waals surface area contributed by atoms with Gasteiger partial charge in [0, 0.05) is 11.3 Å². The monoisotopic (exact) mass is 378 g/mol. The largest absolute Gasteiger partial charge is 0.573 e. The first kappa shape index (κ1) is 18.0. The van der Waals surface area contributed by atoms with Gasteiger partial charge in [-0.15, -0.1) is 23.4 Å². The van der Waals surface area contributed by atoms with Crippen LogP contribution < -0.4 is 15.2 Å². The molecule has 0 saturated heterocycles. The fraction of sp³-hybridized carbons (Fsp3) is 0.167. The predicted octanol–water partition coefficient (Wildman–Crippen LogP) is 1.53. The summed E-state index contributed by atoms with van der Waals surface area (Å²) in [6, 6.07) is 4.52. The first-order valence-electron chi connectivity index (χ1n) is 6.06. The van der Waals surface area contributed by atoms with Crippen molar-refractivity contribution in [1.29, 1.82) is 0 Å². The van der Waals surface area contributed by atoms with Crippen LogP contribution in [0.4, 0.5) is 18.3 Å². The molecular formula is C12H7F3N3O4S2-. The van der Waals surface area contributed by atoms with Gasteiger partial charge in [0.15, 0.2) is 4.34 Å². The number of aliphatic carboxylic acids is 1. The molecule has 1 aromatic heterocycles. The van der Waals surface area contributed by atoms with Gasteiger partial charge in [-0.3, -0.25) is 10.1 Å². The Bertz CT molecular complexity index is 751. The van der Waals surface area contributed by atoms with Gasteiger partial charge in [-0.2, -0.15) is 0 Å². The molecule has 1 heterocycles. The highest BCUT2D eigenvalue weighted by molar-refractivity contribution is 8.01. The molecule has 0 bridgehead atoms. The molecule has 0 atom stereocenters. The van der Waals surface area contributed by atoms with Gasteiger partial charge in [0.2, 0.25) is 5.13 Å². The van der Waals surface area contributed by atoms with Crippen LogP contribution in [0.25, 0.3) is 0 Å². The van der Waals surface area contributed by atoms with E-state index in [-0.39, 0.29) is 16.4 Å². The molecule has 7 nitrogen and oxygen atoms in total. The molecule has 0 fully saturated rings. The summed E-state index contributed by atoms with van der Waals surface area (Å²) in [4.78, 5) is 22.3. The number of carboxylic acids is 1. The molecule has 0 spiro atoms. The summed E-state index contributed by atoms with van der Waals surface area (Å²) in [5, 5.41) is 20.0. The van der Waals surface area contributed by atoms with E-state index in [1.807, 2.05) is 0 Å². The van der Waals surface area contributed by atoms with Gasteiger partial charge in [-0.1, -0.05) is 29.2 Å². The maximum Gasteiger partial charge on any atom is 0.573 e. The Morgan fingerprint density at radius 2 is 2.08 bits per heavy atom. The maximum absolute atomic E-state index is 12.2. The standard InChI is InChI=1S/C12H8F3N3O4S2/c13-12(14,15)22-7-3-1-2-6(4-7)9(21)16-10-17-18-11(24-10)23-5-8(19)20/h1-4H,5H2,(H,19,20)(H,16,17,21)/p-1. The van der Waals surface area contributed by atoms with E-state index in [2.05, 4.69) is 20.3 Å². The normalized spacial score (nSPS) is 11.1. The molecule has 0 saturated carbocycles. The van der Waals surface area contributed by atoms with Crippen LogP contribution in [0.15, 0.2) is 28.6 Å². The minimum Gasteiger partial charge on any atom is -0.549 e. The fourth-order valence-electron chi connectivity index (χ4n) is 1.44. The van der Waals surface area contributed by atoms with E-state index in [1.54, 1.807) is 0 Å². The Labute approximate surface area is 140 Å². The van der Waals surface area contributed by atoms with Crippen LogP contribution >= 0.6 is 23.1 Å². The van der Waals surface area contributed by atoms with Crippen molar-refractivity contribution in [3.63, 3.8) is 0 Å². The molecule has 0 radical (unpaired) electrons. The summed E-state index contributed by atoms with van der Waals surface area (Å²) in [5.41, 5.74) is -0.0733. The molecule has 0 unspecified atom stereocenters. The topological polar surface area (TPSA) is 104 Å². The third kappa shape index (κ3) is 5.70. The number of thioether (sulfide) groups is 1. The van der Waals surface area contributed by atoms with Crippen molar-refractivity contribution in [2.45, 2.75) is 10.7 Å². The quantitative estimate of drug-likeness (QED) is 0.600. The molecular weight excluding hydrogens is 371 g/mol. The number of nitrogens with one attached hydrogen (secondary N) is 1. The molecule has 24 heavy (non-hydrogen) atoms. The van der Waals surface area contributed by atoms with Gasteiger partial charge in [-0.25, -0.2) is 0 Å². The van der Waals surface area contributed by atoms with E-state index in [4.69, 9.17) is 0 Å². The van der Waals surface area contributed by atoms with E-state index < -0.39 is 24.0 Å². The number of anilines is 1. The molecule has 2 rings (SSSR count). The van der Waals surface area contributed by atoms with Crippen molar-refractivity contribution < 1.29 is 32.6 Å². The van der Waals surface area contributed by atoms with Gasteiger partial charge in [-0.05, 0) is 18.2 Å². The number of halogens is 3. The van der Waals surface area contributed by atoms with Crippen molar-refractivity contribution in [2.75, 3.05) is 11.1 Å². The number of hydrogen-bond acceptors (Lipinski definition) is 8. The van der Waals surface area contributed by atoms with E-state index in [0.717, 1.165) is 35.2 Å². The maximum atomic E-state index is 12.2. The van der Waals surface area contributed by atoms with Crippen LogP contribution in [0.5, 0.6) is 5.75 Å². The highest BCUT2D eigenvalue weighted by atomic mass is 32.2. The molecule has 1 aromatic carbocycles. The lowest BCUT2D eigenvalue weighted by Gasteiger charge is -2.09. The number of amides is 1. The van der Waals surface area contributed by atoms with Gasteiger partial charge in [0.25, 0.3) is 5.91 Å². The first-order chi connectivity index (χ1) is 11.2. The molecule has 128 valence electrons. The molecule has 1 amide bonds. The Morgan fingerprint density at radius 3 is 2.75 bits per heavy atom. The Hall–Kier alpha value is -2.34. The molecule has 12 heteroatoms. The van der Waals surface area contributed by atoms with Gasteiger partial charge in [0.1, 0.15) is 5.75 Å². The average molecular weight is 378 g/mol. The molecule has 0 aliphatic rings. The lowest BCUT2D eigenvalue weighted by atomic mass is 10.2. The number of nitrogens with zero attached hydrogens (tertiary/aromatic N) is 2. The van der Waals surface area contributed by atoms with Crippen LogP contribution in [0.2, 0.25) is 0 Å². The number of rotatable bonds is 6. The molecule has 0 aliphatic heterocycles. The number of benzene rings is 1. The minimum atomic E-state index is -4.86. The van der Waals surface area contributed by atoms with E-state index in [1.165, 1.54) is 12.1 Å². The number of ether oxygens (including phenoxy) is 1. The predicted molar refractivity (Wildman–Crippen MR) is 76.7 cm³/mol. The second kappa shape index (κ2) is 7.49. The number of hydrogen-bond donors (Lipinski definition) is 1. The summed E-state index contributed by atoms with van der Waals surface area (Å²) in [6.45, 7) is 0. The van der Waals surface area contributed by atoms with Gasteiger partial charge in [0.05, 0.1) is 5.97 Å². The van der Waals surface area contributed by atoms with E-state index >= 15 is 0 Å².